The number of benzene rings is 2. The Kier molecular flexibility index (Phi) is 3.82. The van der Waals surface area contributed by atoms with E-state index in [1.807, 2.05) is 13.1 Å². The largest absolute Gasteiger partial charge is 0.313 e. The van der Waals surface area contributed by atoms with Gasteiger partial charge < -0.3 is 5.32 Å². The van der Waals surface area contributed by atoms with E-state index < -0.39 is 0 Å². The maximum absolute atomic E-state index is 6.16. The number of hydrogen-bond donors (Lipinski definition) is 1. The second kappa shape index (κ2) is 5.59. The van der Waals surface area contributed by atoms with Gasteiger partial charge in [-0.2, -0.15) is 0 Å². The van der Waals surface area contributed by atoms with Gasteiger partial charge in [-0.1, -0.05) is 48.0 Å². The van der Waals surface area contributed by atoms with Crippen LogP contribution in [0.4, 0.5) is 0 Å². The molecule has 2 aromatic rings. The van der Waals surface area contributed by atoms with Crippen molar-refractivity contribution in [3.05, 3.63) is 69.7 Å². The first-order chi connectivity index (χ1) is 9.70. The Morgan fingerprint density at radius 3 is 2.50 bits per heavy atom. The van der Waals surface area contributed by atoms with Crippen LogP contribution in [0.2, 0.25) is 5.02 Å². The second-order valence-corrected chi connectivity index (χ2v) is 6.02. The highest BCUT2D eigenvalue weighted by Gasteiger charge is 2.27. The van der Waals surface area contributed by atoms with E-state index >= 15 is 0 Å². The Labute approximate surface area is 126 Å². The molecule has 1 aliphatic carbocycles. The van der Waals surface area contributed by atoms with Crippen LogP contribution in [-0.4, -0.2) is 7.05 Å². The van der Waals surface area contributed by atoms with Crippen molar-refractivity contribution < 1.29 is 0 Å². The molecule has 0 bridgehead atoms. The zero-order valence-electron chi connectivity index (χ0n) is 12.0. The van der Waals surface area contributed by atoms with Crippen molar-refractivity contribution >= 4 is 11.6 Å². The molecule has 3 rings (SSSR count). The molecule has 0 amide bonds. The molecule has 0 unspecified atom stereocenters. The predicted molar refractivity (Wildman–Crippen MR) is 85.5 cm³/mol. The topological polar surface area (TPSA) is 12.0 Å². The first-order valence-electron chi connectivity index (χ1n) is 7.23. The van der Waals surface area contributed by atoms with Crippen LogP contribution in [0.5, 0.6) is 0 Å². The Morgan fingerprint density at radius 1 is 1.05 bits per heavy atom. The zero-order valence-corrected chi connectivity index (χ0v) is 12.7. The van der Waals surface area contributed by atoms with Gasteiger partial charge in [-0.15, -0.1) is 0 Å². The Morgan fingerprint density at radius 2 is 1.80 bits per heavy atom. The van der Waals surface area contributed by atoms with Gasteiger partial charge in [0.1, 0.15) is 0 Å². The molecule has 0 saturated heterocycles. The van der Waals surface area contributed by atoms with Crippen LogP contribution in [0.1, 0.15) is 47.1 Å². The second-order valence-electron chi connectivity index (χ2n) is 5.61. The molecule has 1 nitrogen and oxygen atoms in total. The van der Waals surface area contributed by atoms with Crippen LogP contribution < -0.4 is 5.32 Å². The van der Waals surface area contributed by atoms with Crippen LogP contribution in [0.3, 0.4) is 0 Å². The summed E-state index contributed by atoms with van der Waals surface area (Å²) in [6.07, 6.45) is 2.36. The van der Waals surface area contributed by atoms with Gasteiger partial charge in [0.05, 0.1) is 0 Å². The van der Waals surface area contributed by atoms with Gasteiger partial charge >= 0.3 is 0 Å². The fourth-order valence-electron chi connectivity index (χ4n) is 3.32. The quantitative estimate of drug-likeness (QED) is 0.833. The number of nitrogens with one attached hydrogen (secondary N) is 1. The fourth-order valence-corrected chi connectivity index (χ4v) is 3.44. The van der Waals surface area contributed by atoms with E-state index in [2.05, 4.69) is 48.6 Å². The molecule has 1 N–H and O–H groups in total. The smallest absolute Gasteiger partial charge is 0.0435 e. The lowest BCUT2D eigenvalue weighted by atomic mass is 9.76. The molecule has 2 aromatic carbocycles. The van der Waals surface area contributed by atoms with Crippen molar-refractivity contribution in [3.63, 3.8) is 0 Å². The summed E-state index contributed by atoms with van der Waals surface area (Å²) >= 11 is 6.16. The van der Waals surface area contributed by atoms with Crippen LogP contribution in [0.25, 0.3) is 0 Å². The summed E-state index contributed by atoms with van der Waals surface area (Å²) in [6.45, 7) is 2.08. The number of fused-ring (bicyclic) bond motifs is 1. The molecule has 1 aliphatic rings. The lowest BCUT2D eigenvalue weighted by molar-refractivity contribution is 0.471. The molecule has 104 valence electrons. The summed E-state index contributed by atoms with van der Waals surface area (Å²) in [5.74, 6) is 0.492. The molecule has 0 spiro atoms. The van der Waals surface area contributed by atoms with Gasteiger partial charge in [-0.05, 0) is 55.1 Å². The maximum Gasteiger partial charge on any atom is 0.0435 e. The van der Waals surface area contributed by atoms with E-state index in [0.29, 0.717) is 12.0 Å². The van der Waals surface area contributed by atoms with Crippen LogP contribution in [0.15, 0.2) is 42.5 Å². The molecular formula is C18H20ClN. The molecule has 0 heterocycles. The van der Waals surface area contributed by atoms with E-state index in [4.69, 9.17) is 11.6 Å². The standard InChI is InChI=1S/C18H20ClN/c1-12-11-13(7-9-17(12)19)14-8-10-18(20-2)16-6-4-3-5-15(14)16/h3-7,9,11,14,18,20H,8,10H2,1-2H3/t14-,18-/m0/s1. The van der Waals surface area contributed by atoms with E-state index in [1.54, 1.807) is 0 Å². The van der Waals surface area contributed by atoms with Gasteiger partial charge in [0.25, 0.3) is 0 Å². The minimum absolute atomic E-state index is 0.482. The minimum atomic E-state index is 0.482. The number of halogens is 1. The summed E-state index contributed by atoms with van der Waals surface area (Å²) in [5.41, 5.74) is 5.45. The molecular weight excluding hydrogens is 266 g/mol. The van der Waals surface area contributed by atoms with Crippen LogP contribution in [0, 0.1) is 6.92 Å². The van der Waals surface area contributed by atoms with Gasteiger partial charge in [0.2, 0.25) is 0 Å². The Hall–Kier alpha value is -1.31. The van der Waals surface area contributed by atoms with E-state index in [-0.39, 0.29) is 0 Å². The van der Waals surface area contributed by atoms with Crippen molar-refractivity contribution in [1.82, 2.24) is 5.32 Å². The van der Waals surface area contributed by atoms with Crippen molar-refractivity contribution in [3.8, 4) is 0 Å². The SMILES string of the molecule is CN[C@H]1CC[C@@H](c2ccc(Cl)c(C)c2)c2ccccc21. The fraction of sp³-hybridized carbons (Fsp3) is 0.333. The van der Waals surface area contributed by atoms with Gasteiger partial charge in [0, 0.05) is 17.0 Å². The lowest BCUT2D eigenvalue weighted by Gasteiger charge is -2.32. The summed E-state index contributed by atoms with van der Waals surface area (Å²) in [6, 6.07) is 15.7. The molecule has 0 aliphatic heterocycles. The number of rotatable bonds is 2. The maximum atomic E-state index is 6.16. The summed E-state index contributed by atoms with van der Waals surface area (Å²) in [4.78, 5) is 0. The first-order valence-corrected chi connectivity index (χ1v) is 7.60. The summed E-state index contributed by atoms with van der Waals surface area (Å²) < 4.78 is 0. The van der Waals surface area contributed by atoms with E-state index in [9.17, 15) is 0 Å². The van der Waals surface area contributed by atoms with Crippen LogP contribution >= 0.6 is 11.6 Å². The minimum Gasteiger partial charge on any atom is -0.313 e. The summed E-state index contributed by atoms with van der Waals surface area (Å²) in [5, 5.41) is 4.28. The lowest BCUT2D eigenvalue weighted by Crippen LogP contribution is -2.24. The van der Waals surface area contributed by atoms with Crippen molar-refractivity contribution in [2.45, 2.75) is 31.7 Å². The van der Waals surface area contributed by atoms with Crippen LogP contribution in [-0.2, 0) is 0 Å². The van der Waals surface area contributed by atoms with Crippen molar-refractivity contribution in [2.75, 3.05) is 7.05 Å². The Balaban J connectivity index is 2.05. The van der Waals surface area contributed by atoms with Gasteiger partial charge in [-0.25, -0.2) is 0 Å². The summed E-state index contributed by atoms with van der Waals surface area (Å²) in [7, 11) is 2.05. The third-order valence-corrected chi connectivity index (χ3v) is 4.85. The normalized spacial score (nSPS) is 21.6. The highest BCUT2D eigenvalue weighted by Crippen LogP contribution is 2.41. The molecule has 2 atom stereocenters. The highest BCUT2D eigenvalue weighted by molar-refractivity contribution is 6.31. The average Bonchev–Trinajstić information content (AvgIpc) is 2.49. The molecule has 0 saturated carbocycles. The molecule has 0 radical (unpaired) electrons. The zero-order chi connectivity index (χ0) is 14.1. The van der Waals surface area contributed by atoms with Crippen molar-refractivity contribution in [1.29, 1.82) is 0 Å². The first kappa shape index (κ1) is 13.7. The van der Waals surface area contributed by atoms with E-state index in [0.717, 1.165) is 10.6 Å². The number of aryl methyl sites for hydroxylation is 1. The predicted octanol–water partition coefficient (Wildman–Crippen LogP) is 4.83. The van der Waals surface area contributed by atoms with Crippen molar-refractivity contribution in [2.24, 2.45) is 0 Å². The molecule has 0 aromatic heterocycles. The molecule has 0 fully saturated rings. The Bertz CT molecular complexity index is 621. The van der Waals surface area contributed by atoms with Gasteiger partial charge in [-0.3, -0.25) is 0 Å². The molecule has 20 heavy (non-hydrogen) atoms. The van der Waals surface area contributed by atoms with Gasteiger partial charge in [0.15, 0.2) is 0 Å². The third-order valence-electron chi connectivity index (χ3n) is 4.42. The van der Waals surface area contributed by atoms with E-state index in [1.165, 1.54) is 29.5 Å². The third kappa shape index (κ3) is 2.36. The molecule has 2 heteroatoms. The monoisotopic (exact) mass is 285 g/mol. The number of hydrogen-bond acceptors (Lipinski definition) is 1. The average molecular weight is 286 g/mol. The highest BCUT2D eigenvalue weighted by atomic mass is 35.5.